The first-order valence-corrected chi connectivity index (χ1v) is 8.12. The number of methoxy groups -OCH3 is 2. The highest BCUT2D eigenvalue weighted by Crippen LogP contribution is 2.32. The molecule has 0 aromatic heterocycles. The van der Waals surface area contributed by atoms with Gasteiger partial charge in [-0.15, -0.1) is 0 Å². The summed E-state index contributed by atoms with van der Waals surface area (Å²) in [6.07, 6.45) is 1.64. The molecule has 0 heterocycles. The molecule has 26 heavy (non-hydrogen) atoms. The molecule has 2 aromatic rings. The van der Waals surface area contributed by atoms with E-state index in [2.05, 4.69) is 18.8 Å². The molecule has 0 unspecified atom stereocenters. The third-order valence-corrected chi connectivity index (χ3v) is 3.49. The fourth-order valence-corrected chi connectivity index (χ4v) is 2.17. The first kappa shape index (κ1) is 19.2. The minimum atomic E-state index is -0.475. The molecule has 0 bridgehead atoms. The molecule has 7 heteroatoms. The summed E-state index contributed by atoms with van der Waals surface area (Å²) in [6.45, 7) is 4.75. The molecule has 0 aliphatic rings. The van der Waals surface area contributed by atoms with E-state index in [-0.39, 0.29) is 5.69 Å². The van der Waals surface area contributed by atoms with E-state index in [1.165, 1.54) is 19.2 Å². The number of nitro benzene ring substituents is 1. The van der Waals surface area contributed by atoms with Crippen molar-refractivity contribution in [1.29, 1.82) is 0 Å². The molecule has 138 valence electrons. The van der Waals surface area contributed by atoms with Crippen molar-refractivity contribution in [1.82, 2.24) is 0 Å². The summed E-state index contributed by atoms with van der Waals surface area (Å²) in [5, 5.41) is 10.8. The quantitative estimate of drug-likeness (QED) is 0.397. The van der Waals surface area contributed by atoms with Crippen molar-refractivity contribution < 1.29 is 19.1 Å². The minimum absolute atomic E-state index is 0.0471. The molecule has 0 N–H and O–H groups in total. The number of non-ortho nitro benzene ring substituents is 1. The summed E-state index contributed by atoms with van der Waals surface area (Å²) in [5.74, 6) is 2.03. The van der Waals surface area contributed by atoms with E-state index in [4.69, 9.17) is 14.2 Å². The van der Waals surface area contributed by atoms with Gasteiger partial charge in [-0.2, -0.15) is 0 Å². The lowest BCUT2D eigenvalue weighted by Gasteiger charge is -2.12. The minimum Gasteiger partial charge on any atom is -0.494 e. The van der Waals surface area contributed by atoms with E-state index in [0.717, 1.165) is 5.56 Å². The van der Waals surface area contributed by atoms with Crippen LogP contribution in [-0.4, -0.2) is 32.0 Å². The van der Waals surface area contributed by atoms with Gasteiger partial charge in [0, 0.05) is 12.3 Å². The van der Waals surface area contributed by atoms with Crippen molar-refractivity contribution in [2.24, 2.45) is 10.9 Å². The van der Waals surface area contributed by atoms with E-state index in [1.54, 1.807) is 19.4 Å². The average molecular weight is 358 g/mol. The molecular formula is C19H22N2O5. The van der Waals surface area contributed by atoms with Crippen LogP contribution in [0, 0.1) is 16.0 Å². The van der Waals surface area contributed by atoms with Gasteiger partial charge in [-0.25, -0.2) is 0 Å². The molecule has 0 aliphatic carbocycles. The Bertz CT molecular complexity index is 803. The zero-order chi connectivity index (χ0) is 19.1. The van der Waals surface area contributed by atoms with Crippen LogP contribution in [0.25, 0.3) is 0 Å². The number of rotatable bonds is 8. The average Bonchev–Trinajstić information content (AvgIpc) is 2.64. The van der Waals surface area contributed by atoms with Gasteiger partial charge in [0.2, 0.25) is 0 Å². The summed E-state index contributed by atoms with van der Waals surface area (Å²) >= 11 is 0. The summed E-state index contributed by atoms with van der Waals surface area (Å²) in [4.78, 5) is 14.7. The fraction of sp³-hybridized carbons (Fsp3) is 0.316. The van der Waals surface area contributed by atoms with Gasteiger partial charge in [0.15, 0.2) is 17.2 Å². The van der Waals surface area contributed by atoms with Gasteiger partial charge >= 0.3 is 0 Å². The van der Waals surface area contributed by atoms with Gasteiger partial charge in [-0.3, -0.25) is 15.1 Å². The van der Waals surface area contributed by atoms with E-state index in [0.29, 0.717) is 35.5 Å². The molecule has 0 amide bonds. The molecule has 7 nitrogen and oxygen atoms in total. The first-order valence-electron chi connectivity index (χ1n) is 8.12. The number of aliphatic imine (C=N–C) groups is 1. The molecule has 0 atom stereocenters. The lowest BCUT2D eigenvalue weighted by molar-refractivity contribution is -0.384. The van der Waals surface area contributed by atoms with Crippen LogP contribution in [-0.2, 0) is 0 Å². The van der Waals surface area contributed by atoms with Crippen molar-refractivity contribution in [3.63, 3.8) is 0 Å². The van der Waals surface area contributed by atoms with Crippen LogP contribution in [0.4, 0.5) is 11.4 Å². The second kappa shape index (κ2) is 8.84. The number of benzene rings is 2. The van der Waals surface area contributed by atoms with Crippen molar-refractivity contribution in [2.45, 2.75) is 13.8 Å². The predicted molar refractivity (Wildman–Crippen MR) is 100 cm³/mol. The standard InChI is InChI=1S/C19H22N2O5/c1-13(2)12-26-17-8-5-14(9-19(17)25-4)11-20-16-7-6-15(21(22)23)10-18(16)24-3/h5-11,13H,12H2,1-4H3. The number of hydrogen-bond donors (Lipinski definition) is 0. The van der Waals surface area contributed by atoms with Gasteiger partial charge in [-0.1, -0.05) is 13.8 Å². The fourth-order valence-electron chi connectivity index (χ4n) is 2.17. The molecule has 0 radical (unpaired) electrons. The monoisotopic (exact) mass is 358 g/mol. The highest BCUT2D eigenvalue weighted by Gasteiger charge is 2.11. The summed E-state index contributed by atoms with van der Waals surface area (Å²) in [7, 11) is 3.03. The molecule has 0 saturated heterocycles. The van der Waals surface area contributed by atoms with E-state index in [1.807, 2.05) is 18.2 Å². The maximum Gasteiger partial charge on any atom is 0.273 e. The summed E-state index contributed by atoms with van der Waals surface area (Å²) in [5.41, 5.74) is 1.26. The Labute approximate surface area is 152 Å². The third kappa shape index (κ3) is 4.95. The zero-order valence-electron chi connectivity index (χ0n) is 15.3. The van der Waals surface area contributed by atoms with Crippen LogP contribution in [0.15, 0.2) is 41.4 Å². The maximum absolute atomic E-state index is 10.8. The smallest absolute Gasteiger partial charge is 0.273 e. The topological polar surface area (TPSA) is 83.2 Å². The zero-order valence-corrected chi connectivity index (χ0v) is 15.3. The Hall–Kier alpha value is -3.09. The Kier molecular flexibility index (Phi) is 6.54. The second-order valence-electron chi connectivity index (χ2n) is 5.99. The highest BCUT2D eigenvalue weighted by atomic mass is 16.6. The number of hydrogen-bond acceptors (Lipinski definition) is 6. The van der Waals surface area contributed by atoms with Crippen LogP contribution < -0.4 is 14.2 Å². The van der Waals surface area contributed by atoms with Crippen molar-refractivity contribution in [3.8, 4) is 17.2 Å². The molecule has 2 rings (SSSR count). The van der Waals surface area contributed by atoms with Crippen LogP contribution in [0.2, 0.25) is 0 Å². The van der Waals surface area contributed by atoms with Crippen LogP contribution >= 0.6 is 0 Å². The second-order valence-corrected chi connectivity index (χ2v) is 5.99. The van der Waals surface area contributed by atoms with Gasteiger partial charge < -0.3 is 14.2 Å². The maximum atomic E-state index is 10.8. The molecular weight excluding hydrogens is 336 g/mol. The highest BCUT2D eigenvalue weighted by molar-refractivity contribution is 5.84. The molecule has 0 fully saturated rings. The Balaban J connectivity index is 2.23. The van der Waals surface area contributed by atoms with Crippen molar-refractivity contribution >= 4 is 17.6 Å². The van der Waals surface area contributed by atoms with Gasteiger partial charge in [-0.05, 0) is 35.7 Å². The van der Waals surface area contributed by atoms with Crippen LogP contribution in [0.3, 0.4) is 0 Å². The summed E-state index contributed by atoms with van der Waals surface area (Å²) < 4.78 is 16.3. The number of nitrogens with zero attached hydrogens (tertiary/aromatic N) is 2. The lowest BCUT2D eigenvalue weighted by Crippen LogP contribution is -2.05. The largest absolute Gasteiger partial charge is 0.494 e. The molecule has 0 spiro atoms. The van der Waals surface area contributed by atoms with E-state index in [9.17, 15) is 10.1 Å². The van der Waals surface area contributed by atoms with E-state index < -0.39 is 4.92 Å². The first-order chi connectivity index (χ1) is 12.4. The molecule has 2 aromatic carbocycles. The Morgan fingerprint density at radius 3 is 2.42 bits per heavy atom. The van der Waals surface area contributed by atoms with Crippen LogP contribution in [0.5, 0.6) is 17.2 Å². The SMILES string of the molecule is COc1cc([N+](=O)[O-])ccc1N=Cc1ccc(OCC(C)C)c(OC)c1. The van der Waals surface area contributed by atoms with Gasteiger partial charge in [0.05, 0.1) is 31.8 Å². The third-order valence-electron chi connectivity index (χ3n) is 3.49. The van der Waals surface area contributed by atoms with Gasteiger partial charge in [0.1, 0.15) is 5.69 Å². The normalized spacial score (nSPS) is 11.0. The van der Waals surface area contributed by atoms with Crippen molar-refractivity contribution in [3.05, 3.63) is 52.1 Å². The van der Waals surface area contributed by atoms with E-state index >= 15 is 0 Å². The predicted octanol–water partition coefficient (Wildman–Crippen LogP) is 4.40. The number of ether oxygens (including phenoxy) is 3. The van der Waals surface area contributed by atoms with Gasteiger partial charge in [0.25, 0.3) is 5.69 Å². The van der Waals surface area contributed by atoms with Crippen molar-refractivity contribution in [2.75, 3.05) is 20.8 Å². The molecule has 0 aliphatic heterocycles. The molecule has 0 saturated carbocycles. The Morgan fingerprint density at radius 2 is 1.81 bits per heavy atom. The Morgan fingerprint density at radius 1 is 1.08 bits per heavy atom. The summed E-state index contributed by atoms with van der Waals surface area (Å²) in [6, 6.07) is 9.78. The lowest BCUT2D eigenvalue weighted by atomic mass is 10.2. The van der Waals surface area contributed by atoms with Crippen LogP contribution in [0.1, 0.15) is 19.4 Å². The number of nitro groups is 1.